The summed E-state index contributed by atoms with van der Waals surface area (Å²) in [5.74, 6) is 0.139. The van der Waals surface area contributed by atoms with Crippen molar-refractivity contribution in [2.45, 2.75) is 32.8 Å². The fraction of sp³-hybridized carbons (Fsp3) is 0.476. The summed E-state index contributed by atoms with van der Waals surface area (Å²) < 4.78 is 11.9. The first-order valence-electron chi connectivity index (χ1n) is 9.47. The number of imide groups is 1. The van der Waals surface area contributed by atoms with Crippen LogP contribution in [0, 0.1) is 23.7 Å². The van der Waals surface area contributed by atoms with E-state index in [1.165, 1.54) is 13.3 Å². The molecule has 1 saturated heterocycles. The van der Waals surface area contributed by atoms with E-state index in [1.54, 1.807) is 6.07 Å². The Kier molecular flexibility index (Phi) is 5.02. The maximum atomic E-state index is 12.8. The first-order valence-corrected chi connectivity index (χ1v) is 10.6. The average molecular weight is 482 g/mol. The van der Waals surface area contributed by atoms with Crippen LogP contribution in [0.3, 0.4) is 0 Å². The number of nitrogens with zero attached hydrogens (tertiary/aromatic N) is 2. The molecule has 1 aliphatic heterocycles. The average Bonchev–Trinajstić information content (AvgIpc) is 3.33. The molecule has 4 rings (SSSR count). The van der Waals surface area contributed by atoms with Gasteiger partial charge in [0, 0.05) is 10.0 Å². The maximum absolute atomic E-state index is 12.8. The summed E-state index contributed by atoms with van der Waals surface area (Å²) in [6, 6.07) is 1.71. The number of fused-ring (bicyclic) bond motifs is 5. The van der Waals surface area contributed by atoms with Gasteiger partial charge in [-0.3, -0.25) is 9.59 Å². The van der Waals surface area contributed by atoms with Gasteiger partial charge in [0.25, 0.3) is 11.8 Å². The molecule has 0 N–H and O–H groups in total. The highest BCUT2D eigenvalue weighted by Gasteiger charge is 2.59. The van der Waals surface area contributed by atoms with Gasteiger partial charge in [0.15, 0.2) is 11.5 Å². The summed E-state index contributed by atoms with van der Waals surface area (Å²) >= 11 is 9.96. The molecular weight excluding hydrogens is 460 g/mol. The molecule has 4 unspecified atom stereocenters. The number of carbonyl (C=O) groups excluding carboxylic acids is 2. The van der Waals surface area contributed by atoms with Crippen LogP contribution in [-0.2, 0) is 9.59 Å². The minimum Gasteiger partial charge on any atom is -0.493 e. The minimum atomic E-state index is -0.467. The van der Waals surface area contributed by atoms with Crippen LogP contribution >= 0.6 is 27.5 Å². The Hall–Kier alpha value is -1.86. The molecule has 0 aromatic heterocycles. The number of amides is 2. The topological polar surface area (TPSA) is 68.2 Å². The number of methoxy groups -OCH3 is 1. The Bertz CT molecular complexity index is 923. The highest BCUT2D eigenvalue weighted by Crippen LogP contribution is 2.52. The number of hydrogen-bond donors (Lipinski definition) is 0. The molecular formula is C21H22BrClN2O4. The monoisotopic (exact) mass is 480 g/mol. The van der Waals surface area contributed by atoms with Gasteiger partial charge in [-0.15, -0.1) is 0 Å². The third-order valence-corrected chi connectivity index (χ3v) is 6.99. The zero-order chi connectivity index (χ0) is 21.1. The van der Waals surface area contributed by atoms with Gasteiger partial charge >= 0.3 is 0 Å². The predicted octanol–water partition coefficient (Wildman–Crippen LogP) is 4.43. The van der Waals surface area contributed by atoms with Gasteiger partial charge in [0.2, 0.25) is 0 Å². The van der Waals surface area contributed by atoms with Crippen molar-refractivity contribution >= 4 is 45.6 Å². The maximum Gasteiger partial charge on any atom is 0.254 e. The van der Waals surface area contributed by atoms with Crippen molar-refractivity contribution in [2.75, 3.05) is 7.11 Å². The van der Waals surface area contributed by atoms with E-state index in [-0.39, 0.29) is 35.5 Å². The molecule has 4 atom stereocenters. The van der Waals surface area contributed by atoms with E-state index in [4.69, 9.17) is 21.1 Å². The van der Waals surface area contributed by atoms with Crippen molar-refractivity contribution in [3.63, 3.8) is 0 Å². The van der Waals surface area contributed by atoms with Crippen molar-refractivity contribution in [3.05, 3.63) is 33.3 Å². The second-order valence-electron chi connectivity index (χ2n) is 8.57. The van der Waals surface area contributed by atoms with Crippen LogP contribution in [0.15, 0.2) is 27.8 Å². The normalized spacial score (nSPS) is 28.0. The molecule has 0 radical (unpaired) electrons. The number of rotatable bonds is 4. The van der Waals surface area contributed by atoms with Gasteiger partial charge in [-0.2, -0.15) is 10.1 Å². The fourth-order valence-corrected chi connectivity index (χ4v) is 5.01. The summed E-state index contributed by atoms with van der Waals surface area (Å²) in [6.45, 7) is 5.74. The van der Waals surface area contributed by atoms with E-state index in [9.17, 15) is 9.59 Å². The van der Waals surface area contributed by atoms with E-state index in [0.717, 1.165) is 11.4 Å². The van der Waals surface area contributed by atoms with Crippen LogP contribution in [0.4, 0.5) is 0 Å². The summed E-state index contributed by atoms with van der Waals surface area (Å²) in [5.41, 5.74) is 0.109. The SMILES string of the molecule is COc1cc(C=NN2C(=O)C3C4C=CC(C4)C3C2=O)c(Br)c(Cl)c1OC(C)(C)C. The lowest BCUT2D eigenvalue weighted by molar-refractivity contribution is -0.140. The van der Waals surface area contributed by atoms with Crippen molar-refractivity contribution < 1.29 is 19.1 Å². The first kappa shape index (κ1) is 20.4. The highest BCUT2D eigenvalue weighted by atomic mass is 79.9. The van der Waals surface area contributed by atoms with E-state index in [1.807, 2.05) is 20.8 Å². The number of allylic oxidation sites excluding steroid dienone is 2. The van der Waals surface area contributed by atoms with Gasteiger partial charge < -0.3 is 9.47 Å². The summed E-state index contributed by atoms with van der Waals surface area (Å²) in [6.07, 6.45) is 6.45. The molecule has 2 fully saturated rings. The van der Waals surface area contributed by atoms with E-state index in [2.05, 4.69) is 33.2 Å². The first-order chi connectivity index (χ1) is 13.6. The second kappa shape index (κ2) is 7.13. The highest BCUT2D eigenvalue weighted by molar-refractivity contribution is 9.10. The number of hydrazone groups is 1. The number of halogens is 2. The third kappa shape index (κ3) is 3.38. The minimum absolute atomic E-state index is 0.150. The summed E-state index contributed by atoms with van der Waals surface area (Å²) in [4.78, 5) is 25.5. The largest absolute Gasteiger partial charge is 0.493 e. The Morgan fingerprint density at radius 1 is 1.21 bits per heavy atom. The molecule has 3 aliphatic rings. The summed E-state index contributed by atoms with van der Waals surface area (Å²) in [7, 11) is 1.52. The third-order valence-electron chi connectivity index (χ3n) is 5.54. The Morgan fingerprint density at radius 3 is 2.31 bits per heavy atom. The standard InChI is InChI=1S/C21H22BrClN2O4/c1-21(2,3)29-18-13(28-4)8-12(16(22)17(18)23)9-24-25-19(26)14-10-5-6-11(7-10)15(14)20(25)27/h5-6,8-11,14-15H,7H2,1-4H3. The second-order valence-corrected chi connectivity index (χ2v) is 9.74. The quantitative estimate of drug-likeness (QED) is 0.362. The Balaban J connectivity index is 1.63. The van der Waals surface area contributed by atoms with Crippen LogP contribution in [0.25, 0.3) is 0 Å². The van der Waals surface area contributed by atoms with Crippen LogP contribution in [-0.4, -0.2) is 35.7 Å². The lowest BCUT2D eigenvalue weighted by Crippen LogP contribution is -2.28. The van der Waals surface area contributed by atoms with E-state index >= 15 is 0 Å². The van der Waals surface area contributed by atoms with Crippen LogP contribution < -0.4 is 9.47 Å². The molecule has 1 aromatic rings. The molecule has 6 nitrogen and oxygen atoms in total. The molecule has 1 heterocycles. The van der Waals surface area contributed by atoms with Crippen LogP contribution in [0.2, 0.25) is 5.02 Å². The lowest BCUT2D eigenvalue weighted by Gasteiger charge is -2.24. The number of carbonyl (C=O) groups is 2. The molecule has 29 heavy (non-hydrogen) atoms. The molecule has 1 aromatic carbocycles. The van der Waals surface area contributed by atoms with Gasteiger partial charge in [-0.05, 0) is 61.0 Å². The molecule has 154 valence electrons. The summed E-state index contributed by atoms with van der Waals surface area (Å²) in [5, 5.41) is 5.55. The Labute approximate surface area is 183 Å². The van der Waals surface area contributed by atoms with Gasteiger partial charge in [0.1, 0.15) is 10.6 Å². The van der Waals surface area contributed by atoms with Gasteiger partial charge in [-0.1, -0.05) is 23.8 Å². The zero-order valence-corrected chi connectivity index (χ0v) is 19.0. The van der Waals surface area contributed by atoms with Crippen LogP contribution in [0.1, 0.15) is 32.8 Å². The van der Waals surface area contributed by atoms with Crippen molar-refractivity contribution in [1.82, 2.24) is 5.01 Å². The predicted molar refractivity (Wildman–Crippen MR) is 113 cm³/mol. The molecule has 2 aliphatic carbocycles. The zero-order valence-electron chi connectivity index (χ0n) is 16.6. The number of hydrogen-bond acceptors (Lipinski definition) is 5. The van der Waals surface area contributed by atoms with E-state index in [0.29, 0.717) is 26.6 Å². The smallest absolute Gasteiger partial charge is 0.254 e. The van der Waals surface area contributed by atoms with Crippen molar-refractivity contribution in [1.29, 1.82) is 0 Å². The van der Waals surface area contributed by atoms with E-state index < -0.39 is 5.60 Å². The number of benzene rings is 1. The van der Waals surface area contributed by atoms with Gasteiger partial charge in [0.05, 0.1) is 25.2 Å². The lowest BCUT2D eigenvalue weighted by atomic mass is 9.85. The molecule has 8 heteroatoms. The number of ether oxygens (including phenoxy) is 2. The van der Waals surface area contributed by atoms with Crippen LogP contribution in [0.5, 0.6) is 11.5 Å². The Morgan fingerprint density at radius 2 is 1.79 bits per heavy atom. The van der Waals surface area contributed by atoms with Crippen molar-refractivity contribution in [2.24, 2.45) is 28.8 Å². The molecule has 0 spiro atoms. The fourth-order valence-electron chi connectivity index (χ4n) is 4.37. The molecule has 2 bridgehead atoms. The molecule has 1 saturated carbocycles. The molecule has 2 amide bonds. The van der Waals surface area contributed by atoms with Crippen molar-refractivity contribution in [3.8, 4) is 11.5 Å². The van der Waals surface area contributed by atoms with Gasteiger partial charge in [-0.25, -0.2) is 0 Å².